The first-order chi connectivity index (χ1) is 12.0. The van der Waals surface area contributed by atoms with E-state index >= 15 is 0 Å². The van der Waals surface area contributed by atoms with Crippen LogP contribution in [0.25, 0.3) is 0 Å². The van der Waals surface area contributed by atoms with Gasteiger partial charge in [0.25, 0.3) is 0 Å². The Kier molecular flexibility index (Phi) is 5.67. The molecule has 0 aliphatic carbocycles. The van der Waals surface area contributed by atoms with Crippen LogP contribution in [0, 0.1) is 0 Å². The number of carbonyl (C=O) groups is 2. The molecule has 2 N–H and O–H groups in total. The summed E-state index contributed by atoms with van der Waals surface area (Å²) < 4.78 is 0.876. The molecule has 0 spiro atoms. The Balaban J connectivity index is 1.66. The highest BCUT2D eigenvalue weighted by Gasteiger charge is 2.40. The predicted octanol–water partition coefficient (Wildman–Crippen LogP) is 3.22. The Morgan fingerprint density at radius 3 is 2.76 bits per heavy atom. The molecule has 1 aliphatic rings. The third kappa shape index (κ3) is 4.36. The first-order valence-electron chi connectivity index (χ1n) is 7.23. The minimum atomic E-state index is -0.586. The fourth-order valence-electron chi connectivity index (χ4n) is 2.23. The third-order valence-corrected chi connectivity index (χ3v) is 5.65. The van der Waals surface area contributed by atoms with Gasteiger partial charge in [-0.15, -0.1) is 16.4 Å². The molecule has 2 heterocycles. The minimum absolute atomic E-state index is 0.0877. The number of hydrogen-bond donors (Lipinski definition) is 1. The van der Waals surface area contributed by atoms with E-state index in [1.54, 1.807) is 30.5 Å². The number of thioether (sulfide) groups is 1. The van der Waals surface area contributed by atoms with Crippen LogP contribution in [0.4, 0.5) is 5.69 Å². The molecule has 1 fully saturated rings. The summed E-state index contributed by atoms with van der Waals surface area (Å²) in [6.07, 6.45) is 1.68. The molecule has 25 heavy (non-hydrogen) atoms. The fraction of sp³-hybridized carbons (Fsp3) is 0.125. The average molecular weight is 437 g/mol. The van der Waals surface area contributed by atoms with Gasteiger partial charge in [-0.3, -0.25) is 9.59 Å². The highest BCUT2D eigenvalue weighted by Crippen LogP contribution is 2.30. The second-order valence-electron chi connectivity index (χ2n) is 5.05. The van der Waals surface area contributed by atoms with Gasteiger partial charge in [0.05, 0.1) is 11.9 Å². The van der Waals surface area contributed by atoms with Gasteiger partial charge in [0, 0.05) is 15.8 Å². The summed E-state index contributed by atoms with van der Waals surface area (Å²) in [5.74, 6) is -0.544. The van der Waals surface area contributed by atoms with Crippen molar-refractivity contribution in [1.82, 2.24) is 0 Å². The van der Waals surface area contributed by atoms with Crippen molar-refractivity contribution in [1.29, 1.82) is 0 Å². The molecule has 2 amide bonds. The summed E-state index contributed by atoms with van der Waals surface area (Å²) in [6.45, 7) is 0. The number of nitrogens with two attached hydrogens (primary N) is 1. The molecule has 6 nitrogen and oxygen atoms in total. The summed E-state index contributed by atoms with van der Waals surface area (Å²) in [7, 11) is 0. The van der Waals surface area contributed by atoms with Crippen molar-refractivity contribution in [3.05, 3.63) is 51.1 Å². The van der Waals surface area contributed by atoms with Gasteiger partial charge in [-0.05, 0) is 35.7 Å². The van der Waals surface area contributed by atoms with E-state index in [4.69, 9.17) is 5.73 Å². The number of nitrogens with zero attached hydrogens (tertiary/aromatic N) is 3. The van der Waals surface area contributed by atoms with Crippen LogP contribution >= 0.6 is 39.0 Å². The van der Waals surface area contributed by atoms with Crippen molar-refractivity contribution in [2.75, 3.05) is 4.90 Å². The summed E-state index contributed by atoms with van der Waals surface area (Å²) >= 11 is 5.92. The van der Waals surface area contributed by atoms with Gasteiger partial charge in [0.2, 0.25) is 11.8 Å². The van der Waals surface area contributed by atoms with Gasteiger partial charge in [0.15, 0.2) is 5.17 Å². The van der Waals surface area contributed by atoms with Gasteiger partial charge >= 0.3 is 0 Å². The largest absolute Gasteiger partial charge is 0.377 e. The highest BCUT2D eigenvalue weighted by molar-refractivity contribution is 9.10. The molecule has 1 atom stereocenters. The lowest BCUT2D eigenvalue weighted by molar-refractivity contribution is -0.121. The lowest BCUT2D eigenvalue weighted by atomic mass is 10.3. The topological polar surface area (TPSA) is 88.1 Å². The Bertz CT molecular complexity index is 834. The fourth-order valence-corrected chi connectivity index (χ4v) is 3.90. The van der Waals surface area contributed by atoms with Crippen LogP contribution in [0.1, 0.15) is 11.3 Å². The maximum atomic E-state index is 12.5. The Labute approximate surface area is 160 Å². The molecule has 2 aromatic rings. The molecular formula is C16H13BrN4O2S2. The molecule has 0 saturated carbocycles. The van der Waals surface area contributed by atoms with E-state index in [-0.39, 0.29) is 23.4 Å². The SMILES string of the molecule is NC(=N/N=C\c1cccs1)S[C@H]1CC(=O)N(c2ccc(Br)cc2)C1=O. The first-order valence-corrected chi connectivity index (χ1v) is 9.79. The second-order valence-corrected chi connectivity index (χ2v) is 8.17. The van der Waals surface area contributed by atoms with E-state index in [0.29, 0.717) is 5.69 Å². The lowest BCUT2D eigenvalue weighted by Gasteiger charge is -2.14. The zero-order valence-electron chi connectivity index (χ0n) is 12.8. The van der Waals surface area contributed by atoms with Gasteiger partial charge in [-0.1, -0.05) is 33.8 Å². The molecule has 1 aromatic carbocycles. The van der Waals surface area contributed by atoms with Gasteiger partial charge in [0.1, 0.15) is 5.25 Å². The first kappa shape index (κ1) is 17.8. The van der Waals surface area contributed by atoms with E-state index in [9.17, 15) is 9.59 Å². The average Bonchev–Trinajstić information content (AvgIpc) is 3.18. The molecule has 3 rings (SSSR count). The highest BCUT2D eigenvalue weighted by atomic mass is 79.9. The quantitative estimate of drug-likeness (QED) is 0.344. The van der Waals surface area contributed by atoms with Crippen LogP contribution in [0.2, 0.25) is 0 Å². The third-order valence-electron chi connectivity index (χ3n) is 3.34. The van der Waals surface area contributed by atoms with Crippen LogP contribution < -0.4 is 10.6 Å². The van der Waals surface area contributed by atoms with Crippen LogP contribution in [-0.4, -0.2) is 28.4 Å². The van der Waals surface area contributed by atoms with Crippen molar-refractivity contribution in [3.8, 4) is 0 Å². The molecule has 9 heteroatoms. The molecule has 1 aromatic heterocycles. The summed E-state index contributed by atoms with van der Waals surface area (Å²) in [5, 5.41) is 9.27. The smallest absolute Gasteiger partial charge is 0.247 e. The van der Waals surface area contributed by atoms with Gasteiger partial charge in [-0.25, -0.2) is 4.90 Å². The maximum absolute atomic E-state index is 12.5. The second kappa shape index (κ2) is 7.94. The van der Waals surface area contributed by atoms with Crippen molar-refractivity contribution < 1.29 is 9.59 Å². The van der Waals surface area contributed by atoms with E-state index in [1.807, 2.05) is 17.5 Å². The van der Waals surface area contributed by atoms with E-state index in [1.165, 1.54) is 16.2 Å². The number of anilines is 1. The predicted molar refractivity (Wildman–Crippen MR) is 106 cm³/mol. The van der Waals surface area contributed by atoms with Crippen molar-refractivity contribution in [2.24, 2.45) is 15.9 Å². The van der Waals surface area contributed by atoms with E-state index in [0.717, 1.165) is 21.1 Å². The van der Waals surface area contributed by atoms with Crippen LogP contribution in [0.15, 0.2) is 56.5 Å². The maximum Gasteiger partial charge on any atom is 0.247 e. The zero-order chi connectivity index (χ0) is 17.8. The van der Waals surface area contributed by atoms with Crippen LogP contribution in [-0.2, 0) is 9.59 Å². The number of imide groups is 1. The Hall–Kier alpha value is -1.97. The van der Waals surface area contributed by atoms with Crippen LogP contribution in [0.5, 0.6) is 0 Å². The standard InChI is InChI=1S/C16H13BrN4O2S2/c17-10-3-5-11(6-4-10)21-14(22)8-13(15(21)23)25-16(18)20-19-9-12-2-1-7-24-12/h1-7,9,13H,8H2,(H2,18,20)/b19-9-/t13-/m0/s1. The molecular weight excluding hydrogens is 424 g/mol. The molecule has 128 valence electrons. The summed E-state index contributed by atoms with van der Waals surface area (Å²) in [6, 6.07) is 10.8. The molecule has 1 saturated heterocycles. The normalized spacial score (nSPS) is 18.5. The minimum Gasteiger partial charge on any atom is -0.377 e. The monoisotopic (exact) mass is 436 g/mol. The summed E-state index contributed by atoms with van der Waals surface area (Å²) in [5.41, 5.74) is 6.37. The number of amidine groups is 1. The number of rotatable bonds is 4. The number of benzene rings is 1. The Morgan fingerprint density at radius 1 is 1.32 bits per heavy atom. The van der Waals surface area contributed by atoms with Crippen LogP contribution in [0.3, 0.4) is 0 Å². The number of amides is 2. The number of halogens is 1. The van der Waals surface area contributed by atoms with Crippen molar-refractivity contribution >= 4 is 67.9 Å². The molecule has 0 bridgehead atoms. The lowest BCUT2D eigenvalue weighted by Crippen LogP contribution is -2.31. The number of thiophene rings is 1. The van der Waals surface area contributed by atoms with E-state index < -0.39 is 5.25 Å². The van der Waals surface area contributed by atoms with Crippen molar-refractivity contribution in [3.63, 3.8) is 0 Å². The molecule has 1 aliphatic heterocycles. The summed E-state index contributed by atoms with van der Waals surface area (Å²) in [4.78, 5) is 26.9. The molecule has 0 radical (unpaired) electrons. The van der Waals surface area contributed by atoms with Gasteiger partial charge < -0.3 is 5.73 Å². The van der Waals surface area contributed by atoms with E-state index in [2.05, 4.69) is 26.1 Å². The van der Waals surface area contributed by atoms with Crippen molar-refractivity contribution in [2.45, 2.75) is 11.7 Å². The molecule has 0 unspecified atom stereocenters. The number of hydrogen-bond acceptors (Lipinski definition) is 6. The Morgan fingerprint density at radius 2 is 2.08 bits per heavy atom. The van der Waals surface area contributed by atoms with Gasteiger partial charge in [-0.2, -0.15) is 5.10 Å². The number of carbonyl (C=O) groups excluding carboxylic acids is 2. The zero-order valence-corrected chi connectivity index (χ0v) is 16.1.